The minimum atomic E-state index is -0.373. The number of ether oxygens (including phenoxy) is 1. The molecule has 2 heterocycles. The Bertz CT molecular complexity index is 814. The molecule has 0 spiro atoms. The molecule has 118 valence electrons. The van der Waals surface area contributed by atoms with E-state index in [1.165, 1.54) is 0 Å². The predicted octanol–water partition coefficient (Wildman–Crippen LogP) is 2.80. The maximum absolute atomic E-state index is 12.0. The summed E-state index contributed by atoms with van der Waals surface area (Å²) >= 11 is 0. The van der Waals surface area contributed by atoms with Gasteiger partial charge in [-0.05, 0) is 38.1 Å². The van der Waals surface area contributed by atoms with Crippen molar-refractivity contribution in [3.63, 3.8) is 0 Å². The summed E-state index contributed by atoms with van der Waals surface area (Å²) in [5, 5.41) is 7.65. The smallest absolute Gasteiger partial charge is 0.315 e. The highest BCUT2D eigenvalue weighted by atomic mass is 16.5. The van der Waals surface area contributed by atoms with Crippen molar-refractivity contribution in [1.29, 1.82) is 0 Å². The Morgan fingerprint density at radius 2 is 1.83 bits per heavy atom. The van der Waals surface area contributed by atoms with Crippen LogP contribution in [-0.2, 0) is 11.2 Å². The summed E-state index contributed by atoms with van der Waals surface area (Å²) in [7, 11) is 0. The predicted molar refractivity (Wildman–Crippen MR) is 79.8 cm³/mol. The standard InChI is InChI=1S/C16H15N3O4/c1-9-14(10(2)22-18-9)8-15(20)21-13-6-4-12(5-7-13)16-17-11(3)23-19-16/h4-7H,8H2,1-3H3. The molecule has 3 rings (SSSR count). The SMILES string of the molecule is Cc1nc(-c2ccc(OC(=O)Cc3c(C)noc3C)cc2)no1. The summed E-state index contributed by atoms with van der Waals surface area (Å²) < 4.78 is 15.3. The molecule has 0 bridgehead atoms. The second kappa shape index (κ2) is 6.04. The van der Waals surface area contributed by atoms with Gasteiger partial charge in [0.05, 0.1) is 12.1 Å². The van der Waals surface area contributed by atoms with E-state index in [-0.39, 0.29) is 12.4 Å². The van der Waals surface area contributed by atoms with Crippen LogP contribution in [0.1, 0.15) is 22.9 Å². The van der Waals surface area contributed by atoms with Crippen LogP contribution in [0.5, 0.6) is 5.75 Å². The number of nitrogens with zero attached hydrogens (tertiary/aromatic N) is 3. The minimum absolute atomic E-state index is 0.118. The Morgan fingerprint density at radius 3 is 2.39 bits per heavy atom. The fourth-order valence-corrected chi connectivity index (χ4v) is 2.15. The van der Waals surface area contributed by atoms with Gasteiger partial charge in [-0.1, -0.05) is 10.3 Å². The summed E-state index contributed by atoms with van der Waals surface area (Å²) in [6.07, 6.45) is 0.118. The van der Waals surface area contributed by atoms with E-state index < -0.39 is 0 Å². The Labute approximate surface area is 132 Å². The molecule has 0 aliphatic carbocycles. The summed E-state index contributed by atoms with van der Waals surface area (Å²) in [5.41, 5.74) is 2.24. The average Bonchev–Trinajstić information content (AvgIpc) is 3.09. The van der Waals surface area contributed by atoms with Gasteiger partial charge in [0.2, 0.25) is 11.7 Å². The molecular weight excluding hydrogens is 298 g/mol. The maximum Gasteiger partial charge on any atom is 0.315 e. The van der Waals surface area contributed by atoms with Crippen molar-refractivity contribution >= 4 is 5.97 Å². The molecule has 0 saturated heterocycles. The van der Waals surface area contributed by atoms with E-state index in [2.05, 4.69) is 15.3 Å². The fourth-order valence-electron chi connectivity index (χ4n) is 2.15. The number of carbonyl (C=O) groups excluding carboxylic acids is 1. The average molecular weight is 313 g/mol. The molecule has 0 fully saturated rings. The van der Waals surface area contributed by atoms with Crippen LogP contribution in [-0.4, -0.2) is 21.3 Å². The number of benzene rings is 1. The van der Waals surface area contributed by atoms with Gasteiger partial charge in [0, 0.05) is 18.1 Å². The van der Waals surface area contributed by atoms with E-state index in [1.807, 2.05) is 0 Å². The number of rotatable bonds is 4. The number of carbonyl (C=O) groups is 1. The zero-order valence-electron chi connectivity index (χ0n) is 13.0. The molecule has 0 atom stereocenters. The van der Waals surface area contributed by atoms with E-state index in [0.29, 0.717) is 28.9 Å². The van der Waals surface area contributed by atoms with E-state index in [1.54, 1.807) is 45.0 Å². The maximum atomic E-state index is 12.0. The number of aryl methyl sites for hydroxylation is 3. The van der Waals surface area contributed by atoms with Crippen molar-refractivity contribution in [3.8, 4) is 17.1 Å². The van der Waals surface area contributed by atoms with Crippen molar-refractivity contribution in [2.45, 2.75) is 27.2 Å². The van der Waals surface area contributed by atoms with Crippen molar-refractivity contribution in [2.24, 2.45) is 0 Å². The fraction of sp³-hybridized carbons (Fsp3) is 0.250. The summed E-state index contributed by atoms with van der Waals surface area (Å²) in [5.74, 6) is 1.70. The molecule has 0 N–H and O–H groups in total. The molecule has 0 aliphatic rings. The lowest BCUT2D eigenvalue weighted by molar-refractivity contribution is -0.133. The Kier molecular flexibility index (Phi) is 3.92. The molecule has 0 aliphatic heterocycles. The molecule has 7 nitrogen and oxygen atoms in total. The van der Waals surface area contributed by atoms with Gasteiger partial charge in [-0.25, -0.2) is 0 Å². The molecular formula is C16H15N3O4. The van der Waals surface area contributed by atoms with Gasteiger partial charge in [0.15, 0.2) is 0 Å². The van der Waals surface area contributed by atoms with Crippen LogP contribution < -0.4 is 4.74 Å². The lowest BCUT2D eigenvalue weighted by atomic mass is 10.1. The number of hydrogen-bond donors (Lipinski definition) is 0. The lowest BCUT2D eigenvalue weighted by Gasteiger charge is -2.04. The molecule has 2 aromatic heterocycles. The van der Waals surface area contributed by atoms with E-state index in [0.717, 1.165) is 11.1 Å². The largest absolute Gasteiger partial charge is 0.426 e. The van der Waals surface area contributed by atoms with Gasteiger partial charge >= 0.3 is 5.97 Å². The summed E-state index contributed by atoms with van der Waals surface area (Å²) in [4.78, 5) is 16.1. The third-order valence-electron chi connectivity index (χ3n) is 3.37. The first-order valence-corrected chi connectivity index (χ1v) is 7.06. The Hall–Kier alpha value is -2.96. The molecule has 3 aromatic rings. The van der Waals surface area contributed by atoms with Crippen LogP contribution in [0.3, 0.4) is 0 Å². The molecule has 1 aromatic carbocycles. The van der Waals surface area contributed by atoms with Crippen molar-refractivity contribution in [2.75, 3.05) is 0 Å². The summed E-state index contributed by atoms with van der Waals surface area (Å²) in [6.45, 7) is 5.28. The topological polar surface area (TPSA) is 91.2 Å². The lowest BCUT2D eigenvalue weighted by Crippen LogP contribution is -2.12. The second-order valence-corrected chi connectivity index (χ2v) is 5.11. The van der Waals surface area contributed by atoms with Crippen LogP contribution in [0.2, 0.25) is 0 Å². The van der Waals surface area contributed by atoms with Crippen molar-refractivity contribution in [3.05, 3.63) is 47.2 Å². The van der Waals surface area contributed by atoms with Crippen LogP contribution >= 0.6 is 0 Å². The van der Waals surface area contributed by atoms with Gasteiger partial charge in [0.1, 0.15) is 11.5 Å². The second-order valence-electron chi connectivity index (χ2n) is 5.11. The molecule has 0 radical (unpaired) electrons. The van der Waals surface area contributed by atoms with E-state index in [4.69, 9.17) is 13.8 Å². The monoisotopic (exact) mass is 313 g/mol. The zero-order chi connectivity index (χ0) is 16.4. The highest BCUT2D eigenvalue weighted by molar-refractivity contribution is 5.75. The Morgan fingerprint density at radius 1 is 1.09 bits per heavy atom. The number of esters is 1. The summed E-state index contributed by atoms with van der Waals surface area (Å²) in [6, 6.07) is 6.91. The van der Waals surface area contributed by atoms with Gasteiger partial charge < -0.3 is 13.8 Å². The highest BCUT2D eigenvalue weighted by Crippen LogP contribution is 2.21. The number of hydrogen-bond acceptors (Lipinski definition) is 7. The molecule has 7 heteroatoms. The van der Waals surface area contributed by atoms with Crippen molar-refractivity contribution < 1.29 is 18.6 Å². The number of aromatic nitrogens is 3. The van der Waals surface area contributed by atoms with Crippen LogP contribution in [0, 0.1) is 20.8 Å². The van der Waals surface area contributed by atoms with Gasteiger partial charge in [-0.15, -0.1) is 0 Å². The molecule has 0 amide bonds. The highest BCUT2D eigenvalue weighted by Gasteiger charge is 2.15. The van der Waals surface area contributed by atoms with E-state index >= 15 is 0 Å². The first-order valence-electron chi connectivity index (χ1n) is 7.06. The minimum Gasteiger partial charge on any atom is -0.426 e. The van der Waals surface area contributed by atoms with Gasteiger partial charge in [-0.2, -0.15) is 4.98 Å². The van der Waals surface area contributed by atoms with Crippen LogP contribution in [0.15, 0.2) is 33.3 Å². The Balaban J connectivity index is 1.67. The van der Waals surface area contributed by atoms with E-state index in [9.17, 15) is 4.79 Å². The third-order valence-corrected chi connectivity index (χ3v) is 3.37. The van der Waals surface area contributed by atoms with Crippen LogP contribution in [0.4, 0.5) is 0 Å². The molecule has 23 heavy (non-hydrogen) atoms. The first-order chi connectivity index (χ1) is 11.0. The first kappa shape index (κ1) is 15.0. The molecule has 0 saturated carbocycles. The van der Waals surface area contributed by atoms with Gasteiger partial charge in [-0.3, -0.25) is 4.79 Å². The normalized spacial score (nSPS) is 10.7. The zero-order valence-corrected chi connectivity index (χ0v) is 13.0. The quantitative estimate of drug-likeness (QED) is 0.540. The van der Waals surface area contributed by atoms with Crippen molar-refractivity contribution in [1.82, 2.24) is 15.3 Å². The molecule has 0 unspecified atom stereocenters. The van der Waals surface area contributed by atoms with Crippen LogP contribution in [0.25, 0.3) is 11.4 Å². The van der Waals surface area contributed by atoms with Gasteiger partial charge in [0.25, 0.3) is 0 Å². The third kappa shape index (κ3) is 3.28.